The van der Waals surface area contributed by atoms with Crippen molar-refractivity contribution in [3.8, 4) is 0 Å². The van der Waals surface area contributed by atoms with Crippen molar-refractivity contribution in [3.63, 3.8) is 0 Å². The third kappa shape index (κ3) is 2.85. The Morgan fingerprint density at radius 2 is 2.20 bits per heavy atom. The van der Waals surface area contributed by atoms with E-state index in [1.54, 1.807) is 11.9 Å². The van der Waals surface area contributed by atoms with Crippen molar-refractivity contribution >= 4 is 17.5 Å². The summed E-state index contributed by atoms with van der Waals surface area (Å²) in [6, 6.07) is 1.22. The summed E-state index contributed by atoms with van der Waals surface area (Å²) < 4.78 is 0. The molecule has 0 spiro atoms. The number of anilines is 1. The maximum atomic E-state index is 11.1. The summed E-state index contributed by atoms with van der Waals surface area (Å²) in [4.78, 5) is 27.1. The maximum Gasteiger partial charge on any atom is 0.337 e. The molecule has 20 heavy (non-hydrogen) atoms. The van der Waals surface area contributed by atoms with E-state index in [4.69, 9.17) is 5.11 Å². The summed E-state index contributed by atoms with van der Waals surface area (Å²) in [5.74, 6) is -1.01. The summed E-state index contributed by atoms with van der Waals surface area (Å²) in [7, 11) is 1.76. The smallest absolute Gasteiger partial charge is 0.337 e. The number of carbonyl (C=O) groups is 1. The van der Waals surface area contributed by atoms with Crippen LogP contribution in [0, 0.1) is 10.1 Å². The molecule has 1 aromatic heterocycles. The zero-order valence-electron chi connectivity index (χ0n) is 11.1. The highest BCUT2D eigenvalue weighted by Gasteiger charge is 2.26. The Hall–Kier alpha value is -2.22. The van der Waals surface area contributed by atoms with Gasteiger partial charge >= 0.3 is 11.7 Å². The monoisotopic (exact) mass is 280 g/mol. The lowest BCUT2D eigenvalue weighted by molar-refractivity contribution is -0.384. The Bertz CT molecular complexity index is 528. The highest BCUT2D eigenvalue weighted by atomic mass is 16.6. The van der Waals surface area contributed by atoms with Gasteiger partial charge in [0.2, 0.25) is 5.82 Å². The Labute approximate surface area is 115 Å². The van der Waals surface area contributed by atoms with Gasteiger partial charge in [-0.2, -0.15) is 0 Å². The molecule has 1 aliphatic rings. The first-order valence-electron chi connectivity index (χ1n) is 6.32. The Balaban J connectivity index is 2.34. The molecule has 0 aliphatic carbocycles. The maximum absolute atomic E-state index is 11.1. The van der Waals surface area contributed by atoms with Crippen LogP contribution in [0.2, 0.25) is 0 Å². The van der Waals surface area contributed by atoms with Crippen molar-refractivity contribution < 1.29 is 14.8 Å². The highest BCUT2D eigenvalue weighted by Crippen LogP contribution is 2.28. The molecule has 108 valence electrons. The number of carboxylic acids is 1. The number of nitro groups is 1. The molecule has 1 saturated heterocycles. The van der Waals surface area contributed by atoms with E-state index in [1.807, 2.05) is 0 Å². The summed E-state index contributed by atoms with van der Waals surface area (Å²) in [6.45, 7) is 1.71. The predicted octanol–water partition coefficient (Wildman–Crippen LogP) is 0.876. The van der Waals surface area contributed by atoms with Crippen LogP contribution in [-0.2, 0) is 0 Å². The van der Waals surface area contributed by atoms with Crippen molar-refractivity contribution in [1.82, 2.24) is 10.3 Å². The average Bonchev–Trinajstić information content (AvgIpc) is 2.46. The SMILES string of the molecule is CN(c1ncc(C(=O)O)cc1[N+](=O)[O-])C1CCNCC1. The number of aromatic carboxylic acids is 1. The van der Waals surface area contributed by atoms with E-state index in [-0.39, 0.29) is 23.1 Å². The number of rotatable bonds is 4. The molecule has 1 aromatic rings. The molecule has 0 bridgehead atoms. The number of aromatic nitrogens is 1. The van der Waals surface area contributed by atoms with E-state index in [0.717, 1.165) is 38.2 Å². The second-order valence-electron chi connectivity index (χ2n) is 4.72. The number of hydrogen-bond donors (Lipinski definition) is 2. The third-order valence-electron chi connectivity index (χ3n) is 3.48. The molecule has 2 rings (SSSR count). The number of nitrogens with one attached hydrogen (secondary N) is 1. The summed E-state index contributed by atoms with van der Waals surface area (Å²) in [6.07, 6.45) is 2.90. The molecule has 0 atom stereocenters. The molecule has 1 aliphatic heterocycles. The molecule has 1 fully saturated rings. The normalized spacial score (nSPS) is 15.8. The highest BCUT2D eigenvalue weighted by molar-refractivity contribution is 5.88. The van der Waals surface area contributed by atoms with Crippen LogP contribution in [0.1, 0.15) is 23.2 Å². The lowest BCUT2D eigenvalue weighted by Gasteiger charge is -2.32. The molecule has 0 aromatic carbocycles. The molecule has 0 unspecified atom stereocenters. The van der Waals surface area contributed by atoms with Crippen molar-refractivity contribution in [2.75, 3.05) is 25.0 Å². The lowest BCUT2D eigenvalue weighted by atomic mass is 10.1. The topological polar surface area (TPSA) is 109 Å². The standard InChI is InChI=1S/C12H16N4O4/c1-15(9-2-4-13-5-3-9)11-10(16(19)20)6-8(7-14-11)12(17)18/h6-7,9,13H,2-5H2,1H3,(H,17,18). The summed E-state index contributed by atoms with van der Waals surface area (Å²) in [5.41, 5.74) is -0.454. The minimum atomic E-state index is -1.23. The van der Waals surface area contributed by atoms with Gasteiger partial charge in [0, 0.05) is 25.4 Å². The first-order valence-corrected chi connectivity index (χ1v) is 6.32. The second kappa shape index (κ2) is 5.83. The molecular weight excluding hydrogens is 264 g/mol. The van der Waals surface area contributed by atoms with E-state index in [1.165, 1.54) is 0 Å². The van der Waals surface area contributed by atoms with Gasteiger partial charge in [0.05, 0.1) is 10.5 Å². The van der Waals surface area contributed by atoms with Gasteiger partial charge in [-0.3, -0.25) is 10.1 Å². The van der Waals surface area contributed by atoms with Crippen LogP contribution in [0.3, 0.4) is 0 Å². The van der Waals surface area contributed by atoms with Gasteiger partial charge in [-0.05, 0) is 25.9 Å². The molecule has 2 N–H and O–H groups in total. The summed E-state index contributed by atoms with van der Waals surface area (Å²) in [5, 5.41) is 23.2. The van der Waals surface area contributed by atoms with Crippen molar-refractivity contribution in [2.45, 2.75) is 18.9 Å². The van der Waals surface area contributed by atoms with Gasteiger partial charge < -0.3 is 15.3 Å². The zero-order chi connectivity index (χ0) is 14.7. The fourth-order valence-corrected chi connectivity index (χ4v) is 2.34. The van der Waals surface area contributed by atoms with Crippen LogP contribution in [0.5, 0.6) is 0 Å². The average molecular weight is 280 g/mol. The molecule has 2 heterocycles. The molecule has 8 heteroatoms. The Morgan fingerprint density at radius 3 is 2.75 bits per heavy atom. The fraction of sp³-hybridized carbons (Fsp3) is 0.500. The van der Waals surface area contributed by atoms with Crippen LogP contribution in [0.4, 0.5) is 11.5 Å². The zero-order valence-corrected chi connectivity index (χ0v) is 11.1. The molecular formula is C12H16N4O4. The van der Waals surface area contributed by atoms with Crippen molar-refractivity contribution in [3.05, 3.63) is 27.9 Å². The molecule has 0 radical (unpaired) electrons. The Morgan fingerprint density at radius 1 is 1.55 bits per heavy atom. The third-order valence-corrected chi connectivity index (χ3v) is 3.48. The number of piperidine rings is 1. The predicted molar refractivity (Wildman–Crippen MR) is 72.1 cm³/mol. The van der Waals surface area contributed by atoms with E-state index >= 15 is 0 Å². The van der Waals surface area contributed by atoms with Crippen LogP contribution in [0.25, 0.3) is 0 Å². The van der Waals surface area contributed by atoms with E-state index in [2.05, 4.69) is 10.3 Å². The quantitative estimate of drug-likeness (QED) is 0.622. The number of carboxylic acid groups (broad SMARTS) is 1. The molecule has 0 amide bonds. The van der Waals surface area contributed by atoms with Crippen LogP contribution >= 0.6 is 0 Å². The van der Waals surface area contributed by atoms with Crippen molar-refractivity contribution in [2.24, 2.45) is 0 Å². The van der Waals surface area contributed by atoms with Gasteiger partial charge in [-0.15, -0.1) is 0 Å². The van der Waals surface area contributed by atoms with E-state index in [9.17, 15) is 14.9 Å². The van der Waals surface area contributed by atoms with E-state index in [0.29, 0.717) is 0 Å². The van der Waals surface area contributed by atoms with E-state index < -0.39 is 10.9 Å². The van der Waals surface area contributed by atoms with Gasteiger partial charge in [0.15, 0.2) is 0 Å². The van der Waals surface area contributed by atoms with Crippen LogP contribution in [0.15, 0.2) is 12.3 Å². The number of hydrogen-bond acceptors (Lipinski definition) is 6. The molecule has 8 nitrogen and oxygen atoms in total. The van der Waals surface area contributed by atoms with Gasteiger partial charge in [-0.25, -0.2) is 9.78 Å². The van der Waals surface area contributed by atoms with Crippen LogP contribution < -0.4 is 10.2 Å². The van der Waals surface area contributed by atoms with Gasteiger partial charge in [-0.1, -0.05) is 0 Å². The minimum absolute atomic E-state index is 0.165. The number of nitrogens with zero attached hydrogens (tertiary/aromatic N) is 3. The second-order valence-corrected chi connectivity index (χ2v) is 4.72. The van der Waals surface area contributed by atoms with Gasteiger partial charge in [0.1, 0.15) is 0 Å². The number of pyridine rings is 1. The lowest BCUT2D eigenvalue weighted by Crippen LogP contribution is -2.41. The minimum Gasteiger partial charge on any atom is -0.478 e. The Kier molecular flexibility index (Phi) is 4.14. The largest absolute Gasteiger partial charge is 0.478 e. The van der Waals surface area contributed by atoms with Crippen LogP contribution in [-0.4, -0.2) is 47.2 Å². The van der Waals surface area contributed by atoms with Gasteiger partial charge in [0.25, 0.3) is 0 Å². The van der Waals surface area contributed by atoms with Crippen molar-refractivity contribution in [1.29, 1.82) is 0 Å². The summed E-state index contributed by atoms with van der Waals surface area (Å²) >= 11 is 0. The fourth-order valence-electron chi connectivity index (χ4n) is 2.34. The first kappa shape index (κ1) is 14.2. The molecule has 0 saturated carbocycles. The first-order chi connectivity index (χ1) is 9.50.